The molecule has 3 nitrogen and oxygen atoms in total. The lowest BCUT2D eigenvalue weighted by Crippen LogP contribution is -2.06. The molecule has 3 rings (SSSR count). The Labute approximate surface area is 113 Å². The second kappa shape index (κ2) is 4.89. The Morgan fingerprint density at radius 1 is 1.42 bits per heavy atom. The standard InChI is InChI=1S/C16H17N3/c1-2-5-11-8-15(11)19-16-9-12(10-17)13-6-3-4-7-14(13)18-16/h3-4,6-7,9,11,15H,2,5,8H2,1H3,(H,18,19). The molecule has 1 heterocycles. The molecule has 1 aromatic heterocycles. The molecular formula is C16H17N3. The number of para-hydroxylation sites is 1. The number of rotatable bonds is 4. The van der Waals surface area contributed by atoms with E-state index in [-0.39, 0.29) is 0 Å². The van der Waals surface area contributed by atoms with Gasteiger partial charge in [-0.3, -0.25) is 0 Å². The summed E-state index contributed by atoms with van der Waals surface area (Å²) in [5.74, 6) is 1.61. The summed E-state index contributed by atoms with van der Waals surface area (Å²) in [6.45, 7) is 2.22. The number of hydrogen-bond acceptors (Lipinski definition) is 3. The predicted molar refractivity (Wildman–Crippen MR) is 76.9 cm³/mol. The molecule has 0 spiro atoms. The van der Waals surface area contributed by atoms with Crippen molar-refractivity contribution in [3.8, 4) is 6.07 Å². The maximum atomic E-state index is 9.24. The van der Waals surface area contributed by atoms with E-state index in [2.05, 4.69) is 23.3 Å². The summed E-state index contributed by atoms with van der Waals surface area (Å²) in [6.07, 6.45) is 3.73. The van der Waals surface area contributed by atoms with Crippen molar-refractivity contribution in [3.05, 3.63) is 35.9 Å². The number of fused-ring (bicyclic) bond motifs is 1. The summed E-state index contributed by atoms with van der Waals surface area (Å²) in [5, 5.41) is 13.6. The van der Waals surface area contributed by atoms with E-state index in [1.807, 2.05) is 30.3 Å². The fourth-order valence-electron chi connectivity index (χ4n) is 2.65. The van der Waals surface area contributed by atoms with Crippen LogP contribution in [0.15, 0.2) is 30.3 Å². The molecule has 1 aromatic carbocycles. The van der Waals surface area contributed by atoms with Gasteiger partial charge in [0, 0.05) is 11.4 Å². The SMILES string of the molecule is CCCC1CC1Nc1cc(C#N)c2ccccc2n1. The Bertz CT molecular complexity index is 642. The summed E-state index contributed by atoms with van der Waals surface area (Å²) < 4.78 is 0. The van der Waals surface area contributed by atoms with Gasteiger partial charge in [0.15, 0.2) is 0 Å². The van der Waals surface area contributed by atoms with Crippen molar-refractivity contribution in [2.24, 2.45) is 5.92 Å². The normalized spacial score (nSPS) is 21.1. The molecule has 1 fully saturated rings. The maximum absolute atomic E-state index is 9.24. The molecule has 0 saturated heterocycles. The van der Waals surface area contributed by atoms with E-state index in [0.29, 0.717) is 11.6 Å². The van der Waals surface area contributed by atoms with Crippen LogP contribution in [0.3, 0.4) is 0 Å². The summed E-state index contributed by atoms with van der Waals surface area (Å²) in [6, 6.07) is 12.5. The van der Waals surface area contributed by atoms with Gasteiger partial charge >= 0.3 is 0 Å². The van der Waals surface area contributed by atoms with E-state index >= 15 is 0 Å². The first-order chi connectivity index (χ1) is 9.31. The highest BCUT2D eigenvalue weighted by Gasteiger charge is 2.36. The zero-order chi connectivity index (χ0) is 13.2. The Balaban J connectivity index is 1.87. The monoisotopic (exact) mass is 251 g/mol. The minimum Gasteiger partial charge on any atom is -0.367 e. The summed E-state index contributed by atoms with van der Waals surface area (Å²) in [5.41, 5.74) is 1.58. The van der Waals surface area contributed by atoms with Crippen LogP contribution < -0.4 is 5.32 Å². The number of aromatic nitrogens is 1. The number of anilines is 1. The second-order valence-corrected chi connectivity index (χ2v) is 5.22. The maximum Gasteiger partial charge on any atom is 0.128 e. The van der Waals surface area contributed by atoms with Crippen molar-refractivity contribution in [2.75, 3.05) is 5.32 Å². The van der Waals surface area contributed by atoms with Gasteiger partial charge in [0.25, 0.3) is 0 Å². The lowest BCUT2D eigenvalue weighted by molar-refractivity contribution is 0.692. The molecule has 19 heavy (non-hydrogen) atoms. The van der Waals surface area contributed by atoms with Crippen molar-refractivity contribution in [3.63, 3.8) is 0 Å². The van der Waals surface area contributed by atoms with Crippen LogP contribution in [0.1, 0.15) is 31.7 Å². The van der Waals surface area contributed by atoms with E-state index in [4.69, 9.17) is 0 Å². The van der Waals surface area contributed by atoms with Crippen molar-refractivity contribution in [2.45, 2.75) is 32.2 Å². The minimum atomic E-state index is 0.542. The van der Waals surface area contributed by atoms with Gasteiger partial charge in [0.05, 0.1) is 17.1 Å². The first-order valence-corrected chi connectivity index (χ1v) is 6.88. The zero-order valence-electron chi connectivity index (χ0n) is 11.1. The average molecular weight is 251 g/mol. The van der Waals surface area contributed by atoms with Crippen molar-refractivity contribution in [1.82, 2.24) is 4.98 Å². The van der Waals surface area contributed by atoms with Crippen LogP contribution in [0.5, 0.6) is 0 Å². The van der Waals surface area contributed by atoms with Crippen molar-refractivity contribution in [1.29, 1.82) is 5.26 Å². The van der Waals surface area contributed by atoms with Crippen LogP contribution in [0.2, 0.25) is 0 Å². The topological polar surface area (TPSA) is 48.7 Å². The Morgan fingerprint density at radius 2 is 2.26 bits per heavy atom. The highest BCUT2D eigenvalue weighted by atomic mass is 15.0. The predicted octanol–water partition coefficient (Wildman–Crippen LogP) is 3.71. The number of benzene rings is 1. The largest absolute Gasteiger partial charge is 0.367 e. The summed E-state index contributed by atoms with van der Waals surface area (Å²) in [7, 11) is 0. The third kappa shape index (κ3) is 2.39. The third-order valence-corrected chi connectivity index (χ3v) is 3.75. The number of pyridine rings is 1. The van der Waals surface area contributed by atoms with Gasteiger partial charge in [-0.1, -0.05) is 31.5 Å². The van der Waals surface area contributed by atoms with Gasteiger partial charge < -0.3 is 5.32 Å². The molecule has 2 aromatic rings. The lowest BCUT2D eigenvalue weighted by Gasteiger charge is -2.07. The molecule has 2 atom stereocenters. The molecule has 0 amide bonds. The van der Waals surface area contributed by atoms with Gasteiger partial charge in [0.2, 0.25) is 0 Å². The molecular weight excluding hydrogens is 234 g/mol. The molecule has 96 valence electrons. The fourth-order valence-corrected chi connectivity index (χ4v) is 2.65. The molecule has 1 aliphatic rings. The van der Waals surface area contributed by atoms with Crippen LogP contribution in [0, 0.1) is 17.2 Å². The Kier molecular flexibility index (Phi) is 3.08. The van der Waals surface area contributed by atoms with Crippen LogP contribution in [0.4, 0.5) is 5.82 Å². The highest BCUT2D eigenvalue weighted by molar-refractivity contribution is 5.86. The number of nitrogens with one attached hydrogen (secondary N) is 1. The smallest absolute Gasteiger partial charge is 0.128 e. The fraction of sp³-hybridized carbons (Fsp3) is 0.375. The first kappa shape index (κ1) is 12.0. The molecule has 1 saturated carbocycles. The minimum absolute atomic E-state index is 0.542. The van der Waals surface area contributed by atoms with E-state index in [1.165, 1.54) is 19.3 Å². The Morgan fingerprint density at radius 3 is 3.05 bits per heavy atom. The molecule has 1 aliphatic carbocycles. The number of nitrogens with zero attached hydrogens (tertiary/aromatic N) is 2. The third-order valence-electron chi connectivity index (χ3n) is 3.75. The van der Waals surface area contributed by atoms with Crippen LogP contribution >= 0.6 is 0 Å². The molecule has 0 radical (unpaired) electrons. The van der Waals surface area contributed by atoms with E-state index < -0.39 is 0 Å². The van der Waals surface area contributed by atoms with Gasteiger partial charge in [-0.25, -0.2) is 4.98 Å². The summed E-state index contributed by atoms with van der Waals surface area (Å²) in [4.78, 5) is 4.60. The van der Waals surface area contributed by atoms with Gasteiger partial charge in [-0.2, -0.15) is 5.26 Å². The molecule has 2 unspecified atom stereocenters. The van der Waals surface area contributed by atoms with E-state index in [9.17, 15) is 5.26 Å². The average Bonchev–Trinajstić information content (AvgIpc) is 3.16. The van der Waals surface area contributed by atoms with Crippen LogP contribution in [-0.2, 0) is 0 Å². The first-order valence-electron chi connectivity index (χ1n) is 6.88. The second-order valence-electron chi connectivity index (χ2n) is 5.22. The zero-order valence-corrected chi connectivity index (χ0v) is 11.1. The van der Waals surface area contributed by atoms with Crippen LogP contribution in [-0.4, -0.2) is 11.0 Å². The van der Waals surface area contributed by atoms with E-state index in [0.717, 1.165) is 22.6 Å². The van der Waals surface area contributed by atoms with Gasteiger partial charge in [-0.15, -0.1) is 0 Å². The lowest BCUT2D eigenvalue weighted by atomic mass is 10.1. The van der Waals surface area contributed by atoms with Crippen molar-refractivity contribution >= 4 is 16.7 Å². The molecule has 0 bridgehead atoms. The highest BCUT2D eigenvalue weighted by Crippen LogP contribution is 2.37. The Hall–Kier alpha value is -2.08. The summed E-state index contributed by atoms with van der Waals surface area (Å²) >= 11 is 0. The molecule has 1 N–H and O–H groups in total. The van der Waals surface area contributed by atoms with Crippen molar-refractivity contribution < 1.29 is 0 Å². The number of nitriles is 1. The number of hydrogen-bond donors (Lipinski definition) is 1. The molecule has 3 heteroatoms. The quantitative estimate of drug-likeness (QED) is 0.901. The van der Waals surface area contributed by atoms with Gasteiger partial charge in [-0.05, 0) is 30.9 Å². The van der Waals surface area contributed by atoms with Crippen LogP contribution in [0.25, 0.3) is 10.9 Å². The van der Waals surface area contributed by atoms with Gasteiger partial charge in [0.1, 0.15) is 5.82 Å². The van der Waals surface area contributed by atoms with E-state index in [1.54, 1.807) is 0 Å². The molecule has 0 aliphatic heterocycles.